The van der Waals surface area contributed by atoms with Gasteiger partial charge in [-0.15, -0.1) is 0 Å². The van der Waals surface area contributed by atoms with Crippen LogP contribution in [0.25, 0.3) is 6.08 Å². The Hall–Kier alpha value is -1.57. The summed E-state index contributed by atoms with van der Waals surface area (Å²) in [5.74, 6) is -0.0381. The lowest BCUT2D eigenvalue weighted by atomic mass is 10.1. The maximum Gasteiger partial charge on any atom is 0.367 e. The normalized spacial score (nSPS) is 16.7. The average molecular weight is 359 g/mol. The van der Waals surface area contributed by atoms with Gasteiger partial charge < -0.3 is 14.7 Å². The second-order valence-corrected chi connectivity index (χ2v) is 4.83. The first-order chi connectivity index (χ1) is 8.52. The Bertz CT molecular complexity index is 578. The van der Waals surface area contributed by atoms with Crippen molar-refractivity contribution in [2.24, 2.45) is 5.16 Å². The van der Waals surface area contributed by atoms with Crippen molar-refractivity contribution in [1.29, 1.82) is 0 Å². The minimum Gasteiger partial charge on any atom is -0.504 e. The number of benzene rings is 1. The van der Waals surface area contributed by atoms with E-state index in [0.717, 1.165) is 5.56 Å². The van der Waals surface area contributed by atoms with Crippen LogP contribution in [0.3, 0.4) is 0 Å². The van der Waals surface area contributed by atoms with E-state index in [0.29, 0.717) is 20.6 Å². The molecule has 0 amide bonds. The lowest BCUT2D eigenvalue weighted by Crippen LogP contribution is -2.01. The van der Waals surface area contributed by atoms with Crippen molar-refractivity contribution in [2.75, 3.05) is 7.11 Å². The molecular weight excluding hydrogens is 349 g/mol. The standard InChI is InChI=1S/C12H10INO4/c1-6-8(12(16)18-14-6)3-7-4-9(13)11(15)10(5-7)17-2/h3-5,15H,1-2H3/b8-3-. The quantitative estimate of drug-likeness (QED) is 0.500. The summed E-state index contributed by atoms with van der Waals surface area (Å²) in [7, 11) is 1.47. The molecule has 0 aromatic heterocycles. The van der Waals surface area contributed by atoms with Crippen molar-refractivity contribution in [3.63, 3.8) is 0 Å². The van der Waals surface area contributed by atoms with Crippen molar-refractivity contribution < 1.29 is 19.5 Å². The highest BCUT2D eigenvalue weighted by molar-refractivity contribution is 14.1. The molecule has 0 atom stereocenters. The zero-order chi connectivity index (χ0) is 13.3. The fourth-order valence-corrected chi connectivity index (χ4v) is 2.14. The van der Waals surface area contributed by atoms with Crippen LogP contribution in [0.5, 0.6) is 11.5 Å². The van der Waals surface area contributed by atoms with Gasteiger partial charge in [-0.1, -0.05) is 5.16 Å². The molecule has 1 N–H and O–H groups in total. The fourth-order valence-electron chi connectivity index (χ4n) is 1.52. The fraction of sp³-hybridized carbons (Fsp3) is 0.167. The third-order valence-corrected chi connectivity index (χ3v) is 3.28. The van der Waals surface area contributed by atoms with Crippen LogP contribution in [-0.4, -0.2) is 23.9 Å². The van der Waals surface area contributed by atoms with Crippen molar-refractivity contribution in [2.45, 2.75) is 6.92 Å². The van der Waals surface area contributed by atoms with Gasteiger partial charge in [0.2, 0.25) is 0 Å². The van der Waals surface area contributed by atoms with E-state index >= 15 is 0 Å². The van der Waals surface area contributed by atoms with Crippen LogP contribution >= 0.6 is 22.6 Å². The molecule has 18 heavy (non-hydrogen) atoms. The number of aromatic hydroxyl groups is 1. The van der Waals surface area contributed by atoms with Crippen LogP contribution in [0, 0.1) is 3.57 Å². The van der Waals surface area contributed by atoms with Gasteiger partial charge in [-0.25, -0.2) is 4.79 Å². The summed E-state index contributed by atoms with van der Waals surface area (Å²) in [6.45, 7) is 1.69. The molecule has 5 nitrogen and oxygen atoms in total. The molecule has 1 aliphatic heterocycles. The van der Waals surface area contributed by atoms with E-state index in [1.165, 1.54) is 7.11 Å². The van der Waals surface area contributed by atoms with E-state index < -0.39 is 5.97 Å². The lowest BCUT2D eigenvalue weighted by Gasteiger charge is -2.06. The number of phenolic OH excluding ortho intramolecular Hbond substituents is 1. The summed E-state index contributed by atoms with van der Waals surface area (Å²) in [4.78, 5) is 16.0. The number of halogens is 1. The molecule has 1 aliphatic rings. The van der Waals surface area contributed by atoms with E-state index in [1.807, 2.05) is 22.6 Å². The Morgan fingerprint density at radius 1 is 1.50 bits per heavy atom. The molecule has 0 saturated heterocycles. The zero-order valence-corrected chi connectivity index (χ0v) is 11.9. The number of rotatable bonds is 2. The summed E-state index contributed by atoms with van der Waals surface area (Å²) in [6.07, 6.45) is 1.65. The number of oxime groups is 1. The Balaban J connectivity index is 2.47. The molecule has 0 bridgehead atoms. The largest absolute Gasteiger partial charge is 0.504 e. The van der Waals surface area contributed by atoms with Crippen molar-refractivity contribution in [1.82, 2.24) is 0 Å². The molecule has 1 aromatic carbocycles. The molecule has 0 spiro atoms. The molecule has 1 aromatic rings. The molecule has 94 valence electrons. The predicted molar refractivity (Wildman–Crippen MR) is 74.6 cm³/mol. The van der Waals surface area contributed by atoms with Crippen molar-refractivity contribution in [3.8, 4) is 11.5 Å². The van der Waals surface area contributed by atoms with E-state index in [1.54, 1.807) is 25.1 Å². The van der Waals surface area contributed by atoms with Gasteiger partial charge in [-0.05, 0) is 53.3 Å². The van der Waals surface area contributed by atoms with E-state index in [4.69, 9.17) is 4.74 Å². The van der Waals surface area contributed by atoms with Gasteiger partial charge in [0.25, 0.3) is 0 Å². The number of hydrogen-bond donors (Lipinski definition) is 1. The third-order valence-electron chi connectivity index (χ3n) is 2.46. The molecule has 1 heterocycles. The zero-order valence-electron chi connectivity index (χ0n) is 9.73. The highest BCUT2D eigenvalue weighted by atomic mass is 127. The SMILES string of the molecule is COc1cc(/C=C2\C(=O)ON=C2C)cc(I)c1O. The second kappa shape index (κ2) is 4.97. The second-order valence-electron chi connectivity index (χ2n) is 3.67. The van der Waals surface area contributed by atoms with Gasteiger partial charge in [-0.2, -0.15) is 0 Å². The third kappa shape index (κ3) is 2.33. The number of carbonyl (C=O) groups is 1. The molecule has 0 radical (unpaired) electrons. The van der Waals surface area contributed by atoms with Gasteiger partial charge in [0.05, 0.1) is 22.0 Å². The minimum atomic E-state index is -0.477. The summed E-state index contributed by atoms with van der Waals surface area (Å²) in [6, 6.07) is 3.38. The molecular formula is C12H10INO4. The first-order valence-corrected chi connectivity index (χ1v) is 6.15. The Kier molecular flexibility index (Phi) is 3.55. The number of nitrogens with zero attached hydrogens (tertiary/aromatic N) is 1. The number of hydrogen-bond acceptors (Lipinski definition) is 5. The van der Waals surface area contributed by atoms with Crippen LogP contribution in [-0.2, 0) is 9.63 Å². The van der Waals surface area contributed by atoms with Gasteiger partial charge >= 0.3 is 5.97 Å². The molecule has 2 rings (SSSR count). The van der Waals surface area contributed by atoms with Crippen LogP contribution in [0.15, 0.2) is 22.9 Å². The van der Waals surface area contributed by atoms with Crippen LogP contribution in [0.2, 0.25) is 0 Å². The smallest absolute Gasteiger partial charge is 0.367 e. The molecule has 0 unspecified atom stereocenters. The Labute approximate surface area is 117 Å². The maximum atomic E-state index is 11.4. The van der Waals surface area contributed by atoms with E-state index in [9.17, 15) is 9.90 Å². The van der Waals surface area contributed by atoms with E-state index in [-0.39, 0.29) is 5.75 Å². The summed E-state index contributed by atoms with van der Waals surface area (Å²) in [5, 5.41) is 13.3. The van der Waals surface area contributed by atoms with Crippen LogP contribution in [0.1, 0.15) is 12.5 Å². The van der Waals surface area contributed by atoms with Gasteiger partial charge in [0, 0.05) is 0 Å². The summed E-state index contributed by atoms with van der Waals surface area (Å²) in [5.41, 5.74) is 1.66. The maximum absolute atomic E-state index is 11.4. The van der Waals surface area contributed by atoms with Crippen molar-refractivity contribution in [3.05, 3.63) is 26.8 Å². The lowest BCUT2D eigenvalue weighted by molar-refractivity contribution is -0.136. The van der Waals surface area contributed by atoms with Gasteiger partial charge in [0.15, 0.2) is 11.5 Å². The summed E-state index contributed by atoms with van der Waals surface area (Å²) >= 11 is 1.99. The van der Waals surface area contributed by atoms with E-state index in [2.05, 4.69) is 9.99 Å². The first-order valence-electron chi connectivity index (χ1n) is 5.07. The highest BCUT2D eigenvalue weighted by Crippen LogP contribution is 2.33. The molecule has 0 fully saturated rings. The van der Waals surface area contributed by atoms with Gasteiger partial charge in [-0.3, -0.25) is 0 Å². The first kappa shape index (κ1) is 12.9. The average Bonchev–Trinajstić information content (AvgIpc) is 2.65. The topological polar surface area (TPSA) is 68.1 Å². The molecule has 0 aliphatic carbocycles. The van der Waals surface area contributed by atoms with Crippen LogP contribution < -0.4 is 4.74 Å². The highest BCUT2D eigenvalue weighted by Gasteiger charge is 2.22. The molecule has 0 saturated carbocycles. The monoisotopic (exact) mass is 359 g/mol. The predicted octanol–water partition coefficient (Wildman–Crippen LogP) is 2.32. The van der Waals surface area contributed by atoms with Crippen molar-refractivity contribution >= 4 is 40.3 Å². The Morgan fingerprint density at radius 3 is 2.78 bits per heavy atom. The van der Waals surface area contributed by atoms with Crippen LogP contribution in [0.4, 0.5) is 0 Å². The minimum absolute atomic E-state index is 0.0830. The molecule has 6 heteroatoms. The number of ether oxygens (including phenoxy) is 1. The Morgan fingerprint density at radius 2 is 2.22 bits per heavy atom. The number of phenols is 1. The summed E-state index contributed by atoms with van der Waals surface area (Å²) < 4.78 is 5.69. The number of carbonyl (C=O) groups excluding carboxylic acids is 1. The number of methoxy groups -OCH3 is 1. The van der Waals surface area contributed by atoms with Gasteiger partial charge in [0.1, 0.15) is 0 Å².